The van der Waals surface area contributed by atoms with Crippen LogP contribution in [0.5, 0.6) is 0 Å². The van der Waals surface area contributed by atoms with Crippen LogP contribution in [0.25, 0.3) is 0 Å². The molecule has 68 valence electrons. The Balaban J connectivity index is 3.10. The standard InChI is InChI=1S/C7H13F3O/c8-5-3-1-2-4-6(11)7(9)10/h6-7,11H,1-5H2. The Kier molecular flexibility index (Phi) is 6.31. The molecule has 0 saturated heterocycles. The second-order valence-electron chi connectivity index (χ2n) is 2.44. The first-order valence-corrected chi connectivity index (χ1v) is 3.70. The van der Waals surface area contributed by atoms with Gasteiger partial charge in [-0.2, -0.15) is 0 Å². The minimum atomic E-state index is -2.67. The van der Waals surface area contributed by atoms with Gasteiger partial charge in [-0.05, 0) is 12.8 Å². The van der Waals surface area contributed by atoms with E-state index in [4.69, 9.17) is 5.11 Å². The Morgan fingerprint density at radius 1 is 1.09 bits per heavy atom. The van der Waals surface area contributed by atoms with Crippen LogP contribution in [0.2, 0.25) is 0 Å². The highest BCUT2D eigenvalue weighted by Crippen LogP contribution is 2.09. The lowest BCUT2D eigenvalue weighted by Gasteiger charge is -2.07. The molecule has 0 heterocycles. The molecule has 0 aliphatic carbocycles. The first kappa shape index (κ1) is 10.8. The topological polar surface area (TPSA) is 20.2 Å². The Bertz CT molecular complexity index is 87.8. The van der Waals surface area contributed by atoms with E-state index in [2.05, 4.69) is 0 Å². The first-order valence-electron chi connectivity index (χ1n) is 3.70. The van der Waals surface area contributed by atoms with Gasteiger partial charge in [-0.1, -0.05) is 12.8 Å². The van der Waals surface area contributed by atoms with Crippen molar-refractivity contribution in [2.45, 2.75) is 38.2 Å². The molecule has 0 bridgehead atoms. The van der Waals surface area contributed by atoms with E-state index in [0.29, 0.717) is 19.3 Å². The summed E-state index contributed by atoms with van der Waals surface area (Å²) in [6.45, 7) is -0.412. The number of hydrogen-bond donors (Lipinski definition) is 1. The number of aliphatic hydroxyl groups is 1. The van der Waals surface area contributed by atoms with Gasteiger partial charge in [0.15, 0.2) is 0 Å². The summed E-state index contributed by atoms with van der Waals surface area (Å²) in [6, 6.07) is 0. The molecule has 0 saturated carbocycles. The van der Waals surface area contributed by atoms with E-state index >= 15 is 0 Å². The molecule has 0 radical (unpaired) electrons. The van der Waals surface area contributed by atoms with Crippen LogP contribution < -0.4 is 0 Å². The Morgan fingerprint density at radius 3 is 2.18 bits per heavy atom. The van der Waals surface area contributed by atoms with Gasteiger partial charge in [-0.25, -0.2) is 8.78 Å². The zero-order chi connectivity index (χ0) is 8.69. The molecular weight excluding hydrogens is 157 g/mol. The van der Waals surface area contributed by atoms with Crippen LogP contribution in [0.1, 0.15) is 25.7 Å². The SMILES string of the molecule is OC(CCCCCF)C(F)F. The lowest BCUT2D eigenvalue weighted by Crippen LogP contribution is -2.16. The van der Waals surface area contributed by atoms with Gasteiger partial charge >= 0.3 is 0 Å². The quantitative estimate of drug-likeness (QED) is 0.605. The fourth-order valence-corrected chi connectivity index (χ4v) is 0.751. The summed E-state index contributed by atoms with van der Waals surface area (Å²) >= 11 is 0. The molecule has 0 aromatic heterocycles. The highest BCUT2D eigenvalue weighted by molar-refractivity contribution is 4.57. The molecule has 0 aliphatic rings. The van der Waals surface area contributed by atoms with E-state index in [-0.39, 0.29) is 6.42 Å². The normalized spacial score (nSPS) is 13.9. The summed E-state index contributed by atoms with van der Waals surface area (Å²) in [5, 5.41) is 8.58. The molecule has 4 heteroatoms. The number of unbranched alkanes of at least 4 members (excludes halogenated alkanes) is 2. The fraction of sp³-hybridized carbons (Fsp3) is 1.00. The number of rotatable bonds is 6. The third kappa shape index (κ3) is 6.16. The second-order valence-corrected chi connectivity index (χ2v) is 2.44. The highest BCUT2D eigenvalue weighted by Gasteiger charge is 2.15. The van der Waals surface area contributed by atoms with Crippen LogP contribution in [0.3, 0.4) is 0 Å². The Labute approximate surface area is 64.2 Å². The largest absolute Gasteiger partial charge is 0.387 e. The fourth-order valence-electron chi connectivity index (χ4n) is 0.751. The van der Waals surface area contributed by atoms with Gasteiger partial charge < -0.3 is 5.11 Å². The zero-order valence-electron chi connectivity index (χ0n) is 6.27. The average molecular weight is 170 g/mol. The van der Waals surface area contributed by atoms with Crippen molar-refractivity contribution < 1.29 is 18.3 Å². The van der Waals surface area contributed by atoms with Crippen molar-refractivity contribution >= 4 is 0 Å². The number of halogens is 3. The number of alkyl halides is 3. The highest BCUT2D eigenvalue weighted by atomic mass is 19.3. The van der Waals surface area contributed by atoms with Crippen LogP contribution >= 0.6 is 0 Å². The maximum Gasteiger partial charge on any atom is 0.264 e. The average Bonchev–Trinajstić information content (AvgIpc) is 1.97. The lowest BCUT2D eigenvalue weighted by molar-refractivity contribution is -0.0101. The van der Waals surface area contributed by atoms with Crippen molar-refractivity contribution in [3.63, 3.8) is 0 Å². The predicted octanol–water partition coefficient (Wildman–Crippen LogP) is 2.14. The van der Waals surface area contributed by atoms with Crippen LogP contribution in [0, 0.1) is 0 Å². The van der Waals surface area contributed by atoms with E-state index in [9.17, 15) is 13.2 Å². The monoisotopic (exact) mass is 170 g/mol. The molecule has 0 aliphatic heterocycles. The Hall–Kier alpha value is -0.250. The minimum absolute atomic E-state index is 0.0671. The van der Waals surface area contributed by atoms with Gasteiger partial charge in [0.25, 0.3) is 6.43 Å². The van der Waals surface area contributed by atoms with E-state index in [1.165, 1.54) is 0 Å². The lowest BCUT2D eigenvalue weighted by atomic mass is 10.1. The molecule has 1 N–H and O–H groups in total. The molecule has 0 aromatic rings. The number of hydrogen-bond acceptors (Lipinski definition) is 1. The summed E-state index contributed by atoms with van der Waals surface area (Å²) in [7, 11) is 0. The van der Waals surface area contributed by atoms with Gasteiger partial charge in [0.05, 0.1) is 6.67 Å². The molecule has 1 atom stereocenters. The van der Waals surface area contributed by atoms with Crippen molar-refractivity contribution in [3.05, 3.63) is 0 Å². The molecule has 11 heavy (non-hydrogen) atoms. The minimum Gasteiger partial charge on any atom is -0.387 e. The van der Waals surface area contributed by atoms with Crippen LogP contribution in [0.15, 0.2) is 0 Å². The van der Waals surface area contributed by atoms with Crippen molar-refractivity contribution in [3.8, 4) is 0 Å². The maximum absolute atomic E-state index is 11.6. The molecule has 0 aromatic carbocycles. The molecule has 0 amide bonds. The Morgan fingerprint density at radius 2 is 1.73 bits per heavy atom. The van der Waals surface area contributed by atoms with Gasteiger partial charge in [-0.3, -0.25) is 4.39 Å². The van der Waals surface area contributed by atoms with Gasteiger partial charge in [0, 0.05) is 0 Å². The van der Waals surface area contributed by atoms with E-state index in [1.54, 1.807) is 0 Å². The smallest absolute Gasteiger partial charge is 0.264 e. The third-order valence-corrected chi connectivity index (χ3v) is 1.42. The molecule has 0 spiro atoms. The first-order chi connectivity index (χ1) is 5.18. The van der Waals surface area contributed by atoms with Crippen LogP contribution in [0.4, 0.5) is 13.2 Å². The van der Waals surface area contributed by atoms with Crippen molar-refractivity contribution in [1.82, 2.24) is 0 Å². The predicted molar refractivity (Wildman–Crippen MR) is 36.5 cm³/mol. The van der Waals surface area contributed by atoms with Gasteiger partial charge in [-0.15, -0.1) is 0 Å². The molecule has 1 nitrogen and oxygen atoms in total. The van der Waals surface area contributed by atoms with Crippen molar-refractivity contribution in [2.75, 3.05) is 6.67 Å². The van der Waals surface area contributed by atoms with E-state index in [1.807, 2.05) is 0 Å². The molecule has 1 unspecified atom stereocenters. The van der Waals surface area contributed by atoms with Crippen molar-refractivity contribution in [1.29, 1.82) is 0 Å². The third-order valence-electron chi connectivity index (χ3n) is 1.42. The van der Waals surface area contributed by atoms with Crippen molar-refractivity contribution in [2.24, 2.45) is 0 Å². The molecule has 0 rings (SSSR count). The molecule has 0 fully saturated rings. The summed E-state index contributed by atoms with van der Waals surface area (Å²) in [6.07, 6.45) is -2.70. The van der Waals surface area contributed by atoms with Gasteiger partial charge in [0.1, 0.15) is 6.10 Å². The van der Waals surface area contributed by atoms with Crippen LogP contribution in [-0.4, -0.2) is 24.3 Å². The van der Waals surface area contributed by atoms with Gasteiger partial charge in [0.2, 0.25) is 0 Å². The maximum atomic E-state index is 11.6. The summed E-state index contributed by atoms with van der Waals surface area (Å²) in [5.74, 6) is 0. The summed E-state index contributed by atoms with van der Waals surface area (Å²) in [4.78, 5) is 0. The zero-order valence-corrected chi connectivity index (χ0v) is 6.27. The van der Waals surface area contributed by atoms with E-state index in [0.717, 1.165) is 0 Å². The second kappa shape index (κ2) is 6.46. The summed E-state index contributed by atoms with van der Waals surface area (Å²) in [5.41, 5.74) is 0. The van der Waals surface area contributed by atoms with Crippen LogP contribution in [-0.2, 0) is 0 Å². The molecular formula is C7H13F3O. The summed E-state index contributed by atoms with van der Waals surface area (Å²) < 4.78 is 34.7. The number of aliphatic hydroxyl groups excluding tert-OH is 1. The van der Waals surface area contributed by atoms with E-state index < -0.39 is 19.2 Å².